The van der Waals surface area contributed by atoms with Gasteiger partial charge in [-0.25, -0.2) is 4.79 Å². The standard InChI is InChI=1S/C14H13BrO4/c1-8-3-4-12(11(15)5-8)18-7-10-6-13(14(16)17)19-9(10)2/h3-6H,7H2,1-2H3,(H,16,17). The van der Waals surface area contributed by atoms with Gasteiger partial charge in [0.1, 0.15) is 18.1 Å². The average Bonchev–Trinajstić information content (AvgIpc) is 2.70. The number of benzene rings is 1. The van der Waals surface area contributed by atoms with Gasteiger partial charge in [-0.2, -0.15) is 0 Å². The summed E-state index contributed by atoms with van der Waals surface area (Å²) in [5, 5.41) is 8.84. The summed E-state index contributed by atoms with van der Waals surface area (Å²) >= 11 is 3.43. The van der Waals surface area contributed by atoms with Gasteiger partial charge < -0.3 is 14.3 Å². The van der Waals surface area contributed by atoms with Gasteiger partial charge in [0, 0.05) is 5.56 Å². The number of hydrogen-bond donors (Lipinski definition) is 1. The van der Waals surface area contributed by atoms with Crippen LogP contribution in [0.2, 0.25) is 0 Å². The van der Waals surface area contributed by atoms with Crippen molar-refractivity contribution in [2.24, 2.45) is 0 Å². The summed E-state index contributed by atoms with van der Waals surface area (Å²) in [4.78, 5) is 10.8. The number of halogens is 1. The molecule has 0 bridgehead atoms. The summed E-state index contributed by atoms with van der Waals surface area (Å²) in [5.41, 5.74) is 1.86. The second kappa shape index (κ2) is 5.48. The molecule has 1 heterocycles. The van der Waals surface area contributed by atoms with E-state index in [1.807, 2.05) is 25.1 Å². The van der Waals surface area contributed by atoms with Crippen LogP contribution in [0.15, 0.2) is 33.2 Å². The molecule has 0 amide bonds. The van der Waals surface area contributed by atoms with Gasteiger partial charge in [-0.15, -0.1) is 0 Å². The Kier molecular flexibility index (Phi) is 3.95. The zero-order valence-corrected chi connectivity index (χ0v) is 12.2. The van der Waals surface area contributed by atoms with Crippen molar-refractivity contribution < 1.29 is 19.1 Å². The van der Waals surface area contributed by atoms with Crippen LogP contribution < -0.4 is 4.74 Å². The Morgan fingerprint density at radius 1 is 1.37 bits per heavy atom. The van der Waals surface area contributed by atoms with Crippen LogP contribution in [0.1, 0.15) is 27.4 Å². The lowest BCUT2D eigenvalue weighted by atomic mass is 10.2. The molecule has 1 aromatic carbocycles. The number of carboxylic acids is 1. The van der Waals surface area contributed by atoms with Crippen molar-refractivity contribution in [3.05, 3.63) is 51.4 Å². The molecular formula is C14H13BrO4. The largest absolute Gasteiger partial charge is 0.488 e. The predicted molar refractivity (Wildman–Crippen MR) is 73.6 cm³/mol. The van der Waals surface area contributed by atoms with Gasteiger partial charge in [-0.05, 0) is 53.5 Å². The minimum atomic E-state index is -1.08. The van der Waals surface area contributed by atoms with Crippen LogP contribution in [0.3, 0.4) is 0 Å². The number of furan rings is 1. The zero-order valence-electron chi connectivity index (χ0n) is 10.6. The molecule has 19 heavy (non-hydrogen) atoms. The normalized spacial score (nSPS) is 10.5. The molecular weight excluding hydrogens is 312 g/mol. The minimum Gasteiger partial charge on any atom is -0.488 e. The topological polar surface area (TPSA) is 59.7 Å². The van der Waals surface area contributed by atoms with Crippen molar-refractivity contribution in [2.75, 3.05) is 0 Å². The van der Waals surface area contributed by atoms with E-state index in [-0.39, 0.29) is 12.4 Å². The van der Waals surface area contributed by atoms with Crippen molar-refractivity contribution in [2.45, 2.75) is 20.5 Å². The van der Waals surface area contributed by atoms with E-state index >= 15 is 0 Å². The van der Waals surface area contributed by atoms with E-state index in [2.05, 4.69) is 15.9 Å². The molecule has 0 aliphatic heterocycles. The Labute approximate surface area is 119 Å². The molecule has 0 radical (unpaired) electrons. The molecule has 1 N–H and O–H groups in total. The van der Waals surface area contributed by atoms with Crippen molar-refractivity contribution in [1.82, 2.24) is 0 Å². The van der Waals surface area contributed by atoms with Crippen molar-refractivity contribution in [3.8, 4) is 5.75 Å². The van der Waals surface area contributed by atoms with E-state index in [0.717, 1.165) is 15.6 Å². The third kappa shape index (κ3) is 3.17. The Balaban J connectivity index is 2.12. The minimum absolute atomic E-state index is 0.0703. The first-order valence-electron chi connectivity index (χ1n) is 5.69. The predicted octanol–water partition coefficient (Wildman–Crippen LogP) is 3.94. The maximum absolute atomic E-state index is 10.8. The van der Waals surface area contributed by atoms with Crippen LogP contribution in [0.5, 0.6) is 5.75 Å². The third-order valence-electron chi connectivity index (χ3n) is 2.70. The number of rotatable bonds is 4. The van der Waals surface area contributed by atoms with Crippen LogP contribution in [0.4, 0.5) is 0 Å². The molecule has 0 fully saturated rings. The van der Waals surface area contributed by atoms with Crippen LogP contribution >= 0.6 is 15.9 Å². The Morgan fingerprint density at radius 2 is 2.11 bits per heavy atom. The van der Waals surface area contributed by atoms with Crippen LogP contribution in [-0.4, -0.2) is 11.1 Å². The van der Waals surface area contributed by atoms with Crippen molar-refractivity contribution in [1.29, 1.82) is 0 Å². The number of hydrogen-bond acceptors (Lipinski definition) is 3. The van der Waals surface area contributed by atoms with E-state index in [0.29, 0.717) is 11.5 Å². The Morgan fingerprint density at radius 3 is 2.68 bits per heavy atom. The number of aryl methyl sites for hydroxylation is 2. The van der Waals surface area contributed by atoms with Gasteiger partial charge in [0.2, 0.25) is 5.76 Å². The molecule has 0 unspecified atom stereocenters. The van der Waals surface area contributed by atoms with Gasteiger partial charge >= 0.3 is 5.97 Å². The molecule has 100 valence electrons. The number of carbonyl (C=O) groups is 1. The first-order chi connectivity index (χ1) is 8.97. The molecule has 0 aliphatic rings. The summed E-state index contributed by atoms with van der Waals surface area (Å²) in [7, 11) is 0. The lowest BCUT2D eigenvalue weighted by Crippen LogP contribution is -1.97. The van der Waals surface area contributed by atoms with Crippen LogP contribution in [0, 0.1) is 13.8 Å². The molecule has 5 heteroatoms. The zero-order chi connectivity index (χ0) is 14.0. The van der Waals surface area contributed by atoms with E-state index in [1.165, 1.54) is 6.07 Å². The van der Waals surface area contributed by atoms with E-state index in [1.54, 1.807) is 6.92 Å². The van der Waals surface area contributed by atoms with Crippen molar-refractivity contribution in [3.63, 3.8) is 0 Å². The molecule has 4 nitrogen and oxygen atoms in total. The highest BCUT2D eigenvalue weighted by atomic mass is 79.9. The Bertz CT molecular complexity index is 616. The maximum atomic E-state index is 10.8. The fraction of sp³-hybridized carbons (Fsp3) is 0.214. The summed E-state index contributed by atoms with van der Waals surface area (Å²) in [6.07, 6.45) is 0. The molecule has 2 aromatic rings. The lowest BCUT2D eigenvalue weighted by molar-refractivity contribution is 0.0661. The first kappa shape index (κ1) is 13.7. The van der Waals surface area contributed by atoms with Crippen LogP contribution in [-0.2, 0) is 6.61 Å². The molecule has 0 saturated carbocycles. The molecule has 0 aliphatic carbocycles. The first-order valence-corrected chi connectivity index (χ1v) is 6.48. The molecule has 0 saturated heterocycles. The highest BCUT2D eigenvalue weighted by Gasteiger charge is 2.13. The quantitative estimate of drug-likeness (QED) is 0.925. The van der Waals surface area contributed by atoms with Crippen LogP contribution in [0.25, 0.3) is 0 Å². The SMILES string of the molecule is Cc1ccc(OCc2cc(C(=O)O)oc2C)c(Br)c1. The third-order valence-corrected chi connectivity index (χ3v) is 3.32. The summed E-state index contributed by atoms with van der Waals surface area (Å²) in [5.74, 6) is 0.119. The van der Waals surface area contributed by atoms with E-state index in [9.17, 15) is 4.79 Å². The molecule has 0 atom stereocenters. The monoisotopic (exact) mass is 324 g/mol. The molecule has 1 aromatic heterocycles. The van der Waals surface area contributed by atoms with Gasteiger partial charge in [0.25, 0.3) is 0 Å². The molecule has 2 rings (SSSR count). The highest BCUT2D eigenvalue weighted by molar-refractivity contribution is 9.10. The second-order valence-electron chi connectivity index (χ2n) is 4.22. The number of ether oxygens (including phenoxy) is 1. The van der Waals surface area contributed by atoms with Gasteiger partial charge in [0.05, 0.1) is 4.47 Å². The second-order valence-corrected chi connectivity index (χ2v) is 5.07. The Hall–Kier alpha value is -1.75. The van der Waals surface area contributed by atoms with Gasteiger partial charge in [0.15, 0.2) is 0 Å². The van der Waals surface area contributed by atoms with Gasteiger partial charge in [-0.3, -0.25) is 0 Å². The summed E-state index contributed by atoms with van der Waals surface area (Å²) in [6, 6.07) is 7.26. The molecule has 0 spiro atoms. The summed E-state index contributed by atoms with van der Waals surface area (Å²) in [6.45, 7) is 3.98. The van der Waals surface area contributed by atoms with E-state index in [4.69, 9.17) is 14.3 Å². The fourth-order valence-electron chi connectivity index (χ4n) is 1.65. The lowest BCUT2D eigenvalue weighted by Gasteiger charge is -2.08. The smallest absolute Gasteiger partial charge is 0.371 e. The summed E-state index contributed by atoms with van der Waals surface area (Å²) < 4.78 is 11.6. The van der Waals surface area contributed by atoms with Crippen molar-refractivity contribution >= 4 is 21.9 Å². The number of carboxylic acid groups (broad SMARTS) is 1. The van der Waals surface area contributed by atoms with E-state index < -0.39 is 5.97 Å². The van der Waals surface area contributed by atoms with Gasteiger partial charge in [-0.1, -0.05) is 6.07 Å². The maximum Gasteiger partial charge on any atom is 0.371 e. The number of aromatic carboxylic acids is 1. The highest BCUT2D eigenvalue weighted by Crippen LogP contribution is 2.27. The average molecular weight is 325 g/mol. The fourth-order valence-corrected chi connectivity index (χ4v) is 2.25.